The van der Waals surface area contributed by atoms with Gasteiger partial charge in [0.05, 0.1) is 0 Å². The number of rotatable bonds is 7. The van der Waals surface area contributed by atoms with Crippen molar-refractivity contribution in [1.29, 1.82) is 0 Å². The Morgan fingerprint density at radius 3 is 2.32 bits per heavy atom. The van der Waals surface area contributed by atoms with E-state index in [9.17, 15) is 13.2 Å². The Labute approximate surface area is 113 Å². The summed E-state index contributed by atoms with van der Waals surface area (Å²) in [5, 5.41) is 0. The molecule has 0 fully saturated rings. The predicted octanol–water partition coefficient (Wildman–Crippen LogP) is 5.56. The van der Waals surface area contributed by atoms with E-state index in [-0.39, 0.29) is 0 Å². The van der Waals surface area contributed by atoms with E-state index in [2.05, 4.69) is 18.8 Å². The summed E-state index contributed by atoms with van der Waals surface area (Å²) in [6, 6.07) is 2.66. The number of alkyl halides is 3. The van der Waals surface area contributed by atoms with Crippen molar-refractivity contribution in [1.82, 2.24) is 4.98 Å². The third-order valence-electron chi connectivity index (χ3n) is 3.45. The van der Waals surface area contributed by atoms with Gasteiger partial charge in [-0.15, -0.1) is 0 Å². The lowest BCUT2D eigenvalue weighted by Crippen LogP contribution is -2.08. The Hall–Kier alpha value is -1.06. The molecule has 0 aliphatic carbocycles. The molecule has 0 aliphatic rings. The minimum absolute atomic E-state index is 0.326. The normalized spacial score (nSPS) is 13.5. The lowest BCUT2D eigenvalue weighted by molar-refractivity contribution is -0.141. The first-order valence-electron chi connectivity index (χ1n) is 7.02. The zero-order chi connectivity index (χ0) is 14.3. The maximum Gasteiger partial charge on any atom is 0.433 e. The van der Waals surface area contributed by atoms with Crippen molar-refractivity contribution in [2.24, 2.45) is 0 Å². The van der Waals surface area contributed by atoms with E-state index in [4.69, 9.17) is 0 Å². The third-order valence-corrected chi connectivity index (χ3v) is 3.45. The fourth-order valence-electron chi connectivity index (χ4n) is 2.24. The highest BCUT2D eigenvalue weighted by Crippen LogP contribution is 2.30. The summed E-state index contributed by atoms with van der Waals surface area (Å²) in [6.07, 6.45) is 3.76. The number of hydrogen-bond donors (Lipinski definition) is 0. The Kier molecular flexibility index (Phi) is 6.32. The first kappa shape index (κ1) is 16.0. The molecule has 0 aromatic carbocycles. The quantitative estimate of drug-likeness (QED) is 0.592. The smallest absolute Gasteiger partial charge is 0.251 e. The number of unbranched alkanes of at least 4 members (excludes halogenated alkanes) is 3. The summed E-state index contributed by atoms with van der Waals surface area (Å²) in [6.45, 7) is 4.24. The standard InChI is InChI=1S/C15H22F3N/c1-3-5-6-7-8-12(4-2)13-9-10-14(19-11-13)15(16,17)18/h9-12H,3-8H2,1-2H3. The number of halogens is 3. The molecule has 0 aliphatic heterocycles. The molecule has 108 valence electrons. The van der Waals surface area contributed by atoms with Crippen LogP contribution >= 0.6 is 0 Å². The van der Waals surface area contributed by atoms with Crippen molar-refractivity contribution in [3.63, 3.8) is 0 Å². The van der Waals surface area contributed by atoms with Crippen LogP contribution in [-0.2, 0) is 6.18 Å². The molecule has 1 atom stereocenters. The summed E-state index contributed by atoms with van der Waals surface area (Å²) in [7, 11) is 0. The number of aromatic nitrogens is 1. The van der Waals surface area contributed by atoms with Crippen LogP contribution in [0.4, 0.5) is 13.2 Å². The van der Waals surface area contributed by atoms with Crippen LogP contribution < -0.4 is 0 Å². The molecule has 1 unspecified atom stereocenters. The van der Waals surface area contributed by atoms with E-state index in [1.807, 2.05) is 0 Å². The molecular formula is C15H22F3N. The van der Waals surface area contributed by atoms with Gasteiger partial charge in [0.2, 0.25) is 0 Å². The van der Waals surface area contributed by atoms with Crippen LogP contribution in [-0.4, -0.2) is 4.98 Å². The van der Waals surface area contributed by atoms with E-state index < -0.39 is 11.9 Å². The van der Waals surface area contributed by atoms with Gasteiger partial charge in [0.25, 0.3) is 0 Å². The molecule has 0 spiro atoms. The van der Waals surface area contributed by atoms with Crippen LogP contribution in [0.1, 0.15) is 69.5 Å². The van der Waals surface area contributed by atoms with Gasteiger partial charge in [0.1, 0.15) is 5.69 Å². The Morgan fingerprint density at radius 1 is 1.11 bits per heavy atom. The van der Waals surface area contributed by atoms with E-state index >= 15 is 0 Å². The van der Waals surface area contributed by atoms with Crippen molar-refractivity contribution in [2.75, 3.05) is 0 Å². The SMILES string of the molecule is CCCCCCC(CC)c1ccc(C(F)(F)F)nc1. The molecule has 0 amide bonds. The Morgan fingerprint density at radius 2 is 1.84 bits per heavy atom. The Bertz CT molecular complexity index is 357. The fraction of sp³-hybridized carbons (Fsp3) is 0.667. The lowest BCUT2D eigenvalue weighted by Gasteiger charge is -2.15. The second-order valence-corrected chi connectivity index (χ2v) is 4.93. The van der Waals surface area contributed by atoms with Crippen LogP contribution in [0.5, 0.6) is 0 Å². The van der Waals surface area contributed by atoms with E-state index in [1.54, 1.807) is 6.07 Å². The number of pyridine rings is 1. The highest BCUT2D eigenvalue weighted by Gasteiger charge is 2.32. The third kappa shape index (κ3) is 5.21. The van der Waals surface area contributed by atoms with Crippen LogP contribution in [0.15, 0.2) is 18.3 Å². The van der Waals surface area contributed by atoms with Crippen LogP contribution in [0.25, 0.3) is 0 Å². The van der Waals surface area contributed by atoms with Crippen molar-refractivity contribution in [3.8, 4) is 0 Å². The van der Waals surface area contributed by atoms with Gasteiger partial charge in [-0.3, -0.25) is 4.98 Å². The molecule has 1 aromatic heterocycles. The first-order chi connectivity index (χ1) is 8.99. The van der Waals surface area contributed by atoms with Crippen LogP contribution in [0, 0.1) is 0 Å². The van der Waals surface area contributed by atoms with Crippen molar-refractivity contribution >= 4 is 0 Å². The minimum atomic E-state index is -4.35. The molecule has 0 N–H and O–H groups in total. The number of hydrogen-bond acceptors (Lipinski definition) is 1. The molecule has 19 heavy (non-hydrogen) atoms. The van der Waals surface area contributed by atoms with Crippen molar-refractivity contribution < 1.29 is 13.2 Å². The largest absolute Gasteiger partial charge is 0.433 e. The van der Waals surface area contributed by atoms with Crippen molar-refractivity contribution in [2.45, 2.75) is 64.5 Å². The highest BCUT2D eigenvalue weighted by molar-refractivity contribution is 5.19. The summed E-state index contributed by atoms with van der Waals surface area (Å²) >= 11 is 0. The first-order valence-corrected chi connectivity index (χ1v) is 7.02. The average molecular weight is 273 g/mol. The second-order valence-electron chi connectivity index (χ2n) is 4.93. The van der Waals surface area contributed by atoms with Gasteiger partial charge in [-0.2, -0.15) is 13.2 Å². The zero-order valence-corrected chi connectivity index (χ0v) is 11.6. The topological polar surface area (TPSA) is 12.9 Å². The summed E-state index contributed by atoms with van der Waals surface area (Å²) < 4.78 is 37.3. The molecule has 1 heterocycles. The highest BCUT2D eigenvalue weighted by atomic mass is 19.4. The summed E-state index contributed by atoms with van der Waals surface area (Å²) in [5.74, 6) is 0.326. The minimum Gasteiger partial charge on any atom is -0.251 e. The maximum absolute atomic E-state index is 12.4. The molecule has 0 bridgehead atoms. The molecular weight excluding hydrogens is 251 g/mol. The summed E-state index contributed by atoms with van der Waals surface area (Å²) in [4.78, 5) is 3.54. The van der Waals surface area contributed by atoms with Crippen molar-refractivity contribution in [3.05, 3.63) is 29.6 Å². The van der Waals surface area contributed by atoms with Gasteiger partial charge >= 0.3 is 6.18 Å². The number of nitrogens with zero attached hydrogens (tertiary/aromatic N) is 1. The fourth-order valence-corrected chi connectivity index (χ4v) is 2.24. The molecule has 1 aromatic rings. The summed E-state index contributed by atoms with van der Waals surface area (Å²) in [5.41, 5.74) is 0.115. The monoisotopic (exact) mass is 273 g/mol. The van der Waals surface area contributed by atoms with Gasteiger partial charge in [0, 0.05) is 6.20 Å². The Balaban J connectivity index is 2.61. The zero-order valence-electron chi connectivity index (χ0n) is 11.6. The van der Waals surface area contributed by atoms with E-state index in [1.165, 1.54) is 25.5 Å². The molecule has 0 radical (unpaired) electrons. The van der Waals surface area contributed by atoms with Gasteiger partial charge in [0.15, 0.2) is 0 Å². The van der Waals surface area contributed by atoms with Crippen LogP contribution in [0.2, 0.25) is 0 Å². The van der Waals surface area contributed by atoms with Gasteiger partial charge in [-0.05, 0) is 30.4 Å². The average Bonchev–Trinajstić information content (AvgIpc) is 2.38. The lowest BCUT2D eigenvalue weighted by atomic mass is 9.92. The predicted molar refractivity (Wildman–Crippen MR) is 71.0 cm³/mol. The van der Waals surface area contributed by atoms with Gasteiger partial charge < -0.3 is 0 Å². The van der Waals surface area contributed by atoms with Crippen LogP contribution in [0.3, 0.4) is 0 Å². The molecule has 0 saturated heterocycles. The second kappa shape index (κ2) is 7.51. The van der Waals surface area contributed by atoms with Gasteiger partial charge in [-0.25, -0.2) is 0 Å². The molecule has 4 heteroatoms. The molecule has 1 rings (SSSR count). The van der Waals surface area contributed by atoms with E-state index in [0.29, 0.717) is 5.92 Å². The molecule has 0 saturated carbocycles. The van der Waals surface area contributed by atoms with E-state index in [0.717, 1.165) is 30.9 Å². The maximum atomic E-state index is 12.4. The molecule has 1 nitrogen and oxygen atoms in total. The van der Waals surface area contributed by atoms with Gasteiger partial charge in [-0.1, -0.05) is 45.6 Å².